The molecule has 4 rings (SSSR count). The highest BCUT2D eigenvalue weighted by atomic mass is 35.5. The number of rotatable bonds is 3. The largest absolute Gasteiger partial charge is 0.479 e. The molecule has 0 aliphatic carbocycles. The molecular weight excluding hydrogens is 444 g/mol. The lowest BCUT2D eigenvalue weighted by atomic mass is 10.2. The van der Waals surface area contributed by atoms with Crippen molar-refractivity contribution < 1.29 is 22.7 Å². The van der Waals surface area contributed by atoms with Crippen LogP contribution in [0.2, 0.25) is 5.02 Å². The van der Waals surface area contributed by atoms with Gasteiger partial charge in [0.2, 0.25) is 10.0 Å². The topological polar surface area (TPSA) is 108 Å². The van der Waals surface area contributed by atoms with E-state index in [2.05, 4.69) is 10.6 Å². The number of sulfonamides is 1. The first-order valence-electron chi connectivity index (χ1n) is 9.67. The van der Waals surface area contributed by atoms with Crippen LogP contribution in [0.25, 0.3) is 0 Å². The van der Waals surface area contributed by atoms with Gasteiger partial charge in [0.05, 0.1) is 10.6 Å². The standard InChI is InChI=1S/C20H21ClN4O5S/c1-13-19(26)23-17-12-16(5-6-18(17)30-13)31(28,29)25-9-7-24(8-10-25)20(27)22-15-4-2-3-14(21)11-15/h2-6,11-13H,7-10H2,1H3,(H,22,27)(H,23,26)/t13-/m1/s1. The van der Waals surface area contributed by atoms with Gasteiger partial charge in [-0.1, -0.05) is 17.7 Å². The lowest BCUT2D eigenvalue weighted by molar-refractivity contribution is -0.122. The van der Waals surface area contributed by atoms with Crippen molar-refractivity contribution in [3.05, 3.63) is 47.5 Å². The molecule has 3 amide bonds. The second-order valence-corrected chi connectivity index (χ2v) is 9.61. The molecule has 2 heterocycles. The summed E-state index contributed by atoms with van der Waals surface area (Å²) in [7, 11) is -3.79. The number of fused-ring (bicyclic) bond motifs is 1. The van der Waals surface area contributed by atoms with Crippen LogP contribution in [0.4, 0.5) is 16.2 Å². The Labute approximate surface area is 185 Å². The van der Waals surface area contributed by atoms with Gasteiger partial charge >= 0.3 is 6.03 Å². The van der Waals surface area contributed by atoms with Gasteiger partial charge in [0.25, 0.3) is 5.91 Å². The van der Waals surface area contributed by atoms with Gasteiger partial charge in [-0.05, 0) is 43.3 Å². The van der Waals surface area contributed by atoms with Gasteiger partial charge in [-0.25, -0.2) is 13.2 Å². The number of hydrogen-bond donors (Lipinski definition) is 2. The Kier molecular flexibility index (Phi) is 5.78. The van der Waals surface area contributed by atoms with Crippen LogP contribution in [0.1, 0.15) is 6.92 Å². The molecule has 0 spiro atoms. The highest BCUT2D eigenvalue weighted by Gasteiger charge is 2.32. The summed E-state index contributed by atoms with van der Waals surface area (Å²) in [5, 5.41) is 5.93. The van der Waals surface area contributed by atoms with E-state index in [0.717, 1.165) is 0 Å². The van der Waals surface area contributed by atoms with E-state index in [4.69, 9.17) is 16.3 Å². The molecule has 0 radical (unpaired) electrons. The zero-order chi connectivity index (χ0) is 22.2. The predicted octanol–water partition coefficient (Wildman–Crippen LogP) is 2.60. The molecule has 164 valence electrons. The molecule has 2 aliphatic heterocycles. The van der Waals surface area contributed by atoms with Gasteiger partial charge in [-0.2, -0.15) is 4.31 Å². The normalized spacial score (nSPS) is 19.2. The highest BCUT2D eigenvalue weighted by molar-refractivity contribution is 7.89. The summed E-state index contributed by atoms with van der Waals surface area (Å²) < 4.78 is 32.9. The summed E-state index contributed by atoms with van der Waals surface area (Å²) in [6, 6.07) is 10.9. The molecule has 1 fully saturated rings. The maximum Gasteiger partial charge on any atom is 0.321 e. The predicted molar refractivity (Wildman–Crippen MR) is 116 cm³/mol. The number of nitrogens with zero attached hydrogens (tertiary/aromatic N) is 2. The van der Waals surface area contributed by atoms with E-state index in [0.29, 0.717) is 22.1 Å². The van der Waals surface area contributed by atoms with E-state index >= 15 is 0 Å². The summed E-state index contributed by atoms with van der Waals surface area (Å²) in [4.78, 5) is 25.9. The first-order chi connectivity index (χ1) is 14.7. The van der Waals surface area contributed by atoms with Crippen LogP contribution in [0.3, 0.4) is 0 Å². The summed E-state index contributed by atoms with van der Waals surface area (Å²) in [6.45, 7) is 2.41. The molecule has 11 heteroatoms. The third-order valence-electron chi connectivity index (χ3n) is 5.12. The average molecular weight is 465 g/mol. The molecule has 2 aromatic carbocycles. The number of urea groups is 1. The van der Waals surface area contributed by atoms with Gasteiger partial charge in [-0.15, -0.1) is 0 Å². The van der Waals surface area contributed by atoms with E-state index in [-0.39, 0.29) is 43.0 Å². The van der Waals surface area contributed by atoms with Crippen molar-refractivity contribution in [1.29, 1.82) is 0 Å². The summed E-state index contributed by atoms with van der Waals surface area (Å²) >= 11 is 5.93. The van der Waals surface area contributed by atoms with Crippen molar-refractivity contribution in [1.82, 2.24) is 9.21 Å². The van der Waals surface area contributed by atoms with Gasteiger partial charge in [0.15, 0.2) is 6.10 Å². The van der Waals surface area contributed by atoms with Crippen LogP contribution in [-0.2, 0) is 14.8 Å². The molecular formula is C20H21ClN4O5S. The highest BCUT2D eigenvalue weighted by Crippen LogP contribution is 2.33. The van der Waals surface area contributed by atoms with Crippen LogP contribution < -0.4 is 15.4 Å². The molecule has 2 aromatic rings. The van der Waals surface area contributed by atoms with Crippen LogP contribution in [0.5, 0.6) is 5.75 Å². The maximum atomic E-state index is 13.1. The van der Waals surface area contributed by atoms with Crippen LogP contribution >= 0.6 is 11.6 Å². The minimum absolute atomic E-state index is 0.0570. The van der Waals surface area contributed by atoms with Crippen molar-refractivity contribution in [3.8, 4) is 5.75 Å². The Morgan fingerprint density at radius 2 is 1.90 bits per heavy atom. The minimum Gasteiger partial charge on any atom is -0.479 e. The number of nitrogens with one attached hydrogen (secondary N) is 2. The van der Waals surface area contributed by atoms with Crippen molar-refractivity contribution in [2.75, 3.05) is 36.8 Å². The Balaban J connectivity index is 1.42. The van der Waals surface area contributed by atoms with Crippen molar-refractivity contribution >= 4 is 44.9 Å². The second-order valence-electron chi connectivity index (χ2n) is 7.24. The number of carbonyl (C=O) groups is 2. The molecule has 2 aliphatic rings. The Morgan fingerprint density at radius 1 is 1.16 bits per heavy atom. The smallest absolute Gasteiger partial charge is 0.321 e. The fraction of sp³-hybridized carbons (Fsp3) is 0.300. The van der Waals surface area contributed by atoms with E-state index in [1.807, 2.05) is 0 Å². The quantitative estimate of drug-likeness (QED) is 0.725. The number of anilines is 2. The number of carbonyl (C=O) groups excluding carboxylic acids is 2. The molecule has 1 saturated heterocycles. The Hall–Kier alpha value is -2.82. The first-order valence-corrected chi connectivity index (χ1v) is 11.5. The van der Waals surface area contributed by atoms with Gasteiger partial charge in [-0.3, -0.25) is 4.79 Å². The zero-order valence-corrected chi connectivity index (χ0v) is 18.2. The number of ether oxygens (including phenoxy) is 1. The molecule has 9 nitrogen and oxygen atoms in total. The minimum atomic E-state index is -3.79. The van der Waals surface area contributed by atoms with Crippen LogP contribution in [0.15, 0.2) is 47.4 Å². The lowest BCUT2D eigenvalue weighted by Gasteiger charge is -2.34. The third kappa shape index (κ3) is 4.46. The first kappa shape index (κ1) is 21.4. The van der Waals surface area contributed by atoms with Crippen molar-refractivity contribution in [2.45, 2.75) is 17.9 Å². The number of amides is 3. The summed E-state index contributed by atoms with van der Waals surface area (Å²) in [5.74, 6) is 0.0925. The van der Waals surface area contributed by atoms with Crippen LogP contribution in [0, 0.1) is 0 Å². The molecule has 0 bridgehead atoms. The van der Waals surface area contributed by atoms with Gasteiger partial charge < -0.3 is 20.3 Å². The Morgan fingerprint density at radius 3 is 2.61 bits per heavy atom. The molecule has 31 heavy (non-hydrogen) atoms. The molecule has 0 aromatic heterocycles. The molecule has 2 N–H and O–H groups in total. The number of halogens is 1. The second kappa shape index (κ2) is 8.37. The van der Waals surface area contributed by atoms with E-state index in [9.17, 15) is 18.0 Å². The Bertz CT molecular complexity index is 1130. The SMILES string of the molecule is C[C@H]1Oc2ccc(S(=O)(=O)N3CCN(C(=O)Nc4cccc(Cl)c4)CC3)cc2NC1=O. The summed E-state index contributed by atoms with van der Waals surface area (Å²) in [5.41, 5.74) is 0.893. The van der Waals surface area contributed by atoms with E-state index in [1.165, 1.54) is 22.5 Å². The molecule has 1 atom stereocenters. The zero-order valence-electron chi connectivity index (χ0n) is 16.7. The van der Waals surface area contributed by atoms with Gasteiger partial charge in [0, 0.05) is 36.9 Å². The number of piperazine rings is 1. The third-order valence-corrected chi connectivity index (χ3v) is 7.25. The fourth-order valence-corrected chi connectivity index (χ4v) is 5.04. The molecule has 0 saturated carbocycles. The monoisotopic (exact) mass is 464 g/mol. The fourth-order valence-electron chi connectivity index (χ4n) is 3.40. The van der Waals surface area contributed by atoms with Crippen molar-refractivity contribution in [3.63, 3.8) is 0 Å². The molecule has 0 unspecified atom stereocenters. The number of hydrogen-bond acceptors (Lipinski definition) is 5. The lowest BCUT2D eigenvalue weighted by Crippen LogP contribution is -2.51. The van der Waals surface area contributed by atoms with Crippen molar-refractivity contribution in [2.24, 2.45) is 0 Å². The number of benzene rings is 2. The van der Waals surface area contributed by atoms with E-state index in [1.54, 1.807) is 36.1 Å². The van der Waals surface area contributed by atoms with E-state index < -0.39 is 16.1 Å². The van der Waals surface area contributed by atoms with Crippen LogP contribution in [-0.4, -0.2) is 61.8 Å². The maximum absolute atomic E-state index is 13.1. The van der Waals surface area contributed by atoms with Gasteiger partial charge in [0.1, 0.15) is 5.75 Å². The average Bonchev–Trinajstić information content (AvgIpc) is 2.74. The summed E-state index contributed by atoms with van der Waals surface area (Å²) in [6.07, 6.45) is -0.638.